The van der Waals surface area contributed by atoms with E-state index in [1.807, 2.05) is 4.57 Å². The summed E-state index contributed by atoms with van der Waals surface area (Å²) in [6.07, 6.45) is 1.71. The number of benzene rings is 1. The molecule has 1 atom stereocenters. The second kappa shape index (κ2) is 5.13. The van der Waals surface area contributed by atoms with Crippen molar-refractivity contribution < 1.29 is 14.9 Å². The van der Waals surface area contributed by atoms with Crippen molar-refractivity contribution in [1.82, 2.24) is 14.8 Å². The number of phenolic OH excluding ortho intramolecular Hbond substituents is 1. The Morgan fingerprint density at radius 3 is 3.00 bits per heavy atom. The van der Waals surface area contributed by atoms with Crippen LogP contribution in [0.3, 0.4) is 0 Å². The fourth-order valence-corrected chi connectivity index (χ4v) is 2.56. The zero-order valence-electron chi connectivity index (χ0n) is 11.3. The average molecular weight is 275 g/mol. The molecule has 0 bridgehead atoms. The van der Waals surface area contributed by atoms with E-state index in [2.05, 4.69) is 10.2 Å². The van der Waals surface area contributed by atoms with Gasteiger partial charge in [-0.15, -0.1) is 10.2 Å². The highest BCUT2D eigenvalue weighted by atomic mass is 16.5. The standard InChI is InChI=1S/C14H17N3O3/c1-20-10-3-4-12(19)11(6-10)14-16-15-13-5-2-9(8-18)7-17(13)14/h3-4,6,9,18-19H,2,5,7-8H2,1H3. The Bertz CT molecular complexity index is 624. The number of ether oxygens (including phenoxy) is 1. The first-order valence-corrected chi connectivity index (χ1v) is 6.63. The highest BCUT2D eigenvalue weighted by Gasteiger charge is 2.24. The van der Waals surface area contributed by atoms with Gasteiger partial charge in [0, 0.05) is 25.5 Å². The summed E-state index contributed by atoms with van der Waals surface area (Å²) in [5, 5.41) is 27.7. The van der Waals surface area contributed by atoms with Crippen molar-refractivity contribution in [3.63, 3.8) is 0 Å². The number of methoxy groups -OCH3 is 1. The highest BCUT2D eigenvalue weighted by Crippen LogP contribution is 2.33. The molecule has 2 N–H and O–H groups in total. The van der Waals surface area contributed by atoms with Crippen LogP contribution in [0, 0.1) is 5.92 Å². The number of rotatable bonds is 3. The van der Waals surface area contributed by atoms with Crippen LogP contribution in [-0.2, 0) is 13.0 Å². The Balaban J connectivity index is 2.05. The van der Waals surface area contributed by atoms with E-state index < -0.39 is 0 Å². The normalized spacial score (nSPS) is 17.8. The van der Waals surface area contributed by atoms with Crippen LogP contribution < -0.4 is 4.74 Å². The lowest BCUT2D eigenvalue weighted by Gasteiger charge is -2.22. The highest BCUT2D eigenvalue weighted by molar-refractivity contribution is 5.66. The maximum atomic E-state index is 10.0. The van der Waals surface area contributed by atoms with Crippen molar-refractivity contribution in [2.75, 3.05) is 13.7 Å². The molecule has 3 rings (SSSR count). The van der Waals surface area contributed by atoms with Crippen molar-refractivity contribution in [3.05, 3.63) is 24.0 Å². The molecular formula is C14H17N3O3. The minimum atomic E-state index is 0.145. The molecule has 0 fully saturated rings. The number of phenols is 1. The lowest BCUT2D eigenvalue weighted by atomic mass is 10.00. The van der Waals surface area contributed by atoms with Gasteiger partial charge in [-0.05, 0) is 24.6 Å². The van der Waals surface area contributed by atoms with Gasteiger partial charge in [-0.3, -0.25) is 0 Å². The maximum Gasteiger partial charge on any atom is 0.167 e. The zero-order valence-corrected chi connectivity index (χ0v) is 11.3. The van der Waals surface area contributed by atoms with Gasteiger partial charge in [-0.2, -0.15) is 0 Å². The topological polar surface area (TPSA) is 80.4 Å². The average Bonchev–Trinajstić information content (AvgIpc) is 2.90. The number of aromatic nitrogens is 3. The third-order valence-corrected chi connectivity index (χ3v) is 3.75. The zero-order chi connectivity index (χ0) is 14.1. The van der Waals surface area contributed by atoms with Crippen molar-refractivity contribution in [2.45, 2.75) is 19.4 Å². The number of nitrogens with zero attached hydrogens (tertiary/aromatic N) is 3. The predicted octanol–water partition coefficient (Wildman–Crippen LogP) is 1.21. The van der Waals surface area contributed by atoms with Crippen molar-refractivity contribution in [1.29, 1.82) is 0 Å². The molecule has 0 saturated heterocycles. The van der Waals surface area contributed by atoms with Gasteiger partial charge >= 0.3 is 0 Å². The first-order chi connectivity index (χ1) is 9.72. The fourth-order valence-electron chi connectivity index (χ4n) is 2.56. The summed E-state index contributed by atoms with van der Waals surface area (Å²) in [6, 6.07) is 5.03. The molecule has 6 nitrogen and oxygen atoms in total. The molecule has 0 spiro atoms. The fraction of sp³-hybridized carbons (Fsp3) is 0.429. The molecule has 6 heteroatoms. The number of fused-ring (bicyclic) bond motifs is 1. The smallest absolute Gasteiger partial charge is 0.167 e. The molecule has 2 heterocycles. The molecular weight excluding hydrogens is 258 g/mol. The molecule has 0 aliphatic carbocycles. The van der Waals surface area contributed by atoms with Gasteiger partial charge in [0.15, 0.2) is 5.82 Å². The number of hydrogen-bond donors (Lipinski definition) is 2. The Labute approximate surface area is 116 Å². The van der Waals surface area contributed by atoms with E-state index >= 15 is 0 Å². The monoisotopic (exact) mass is 275 g/mol. The molecule has 2 aromatic rings. The summed E-state index contributed by atoms with van der Waals surface area (Å²) in [6.45, 7) is 0.825. The van der Waals surface area contributed by atoms with Crippen LogP contribution >= 0.6 is 0 Å². The van der Waals surface area contributed by atoms with Crippen molar-refractivity contribution in [2.24, 2.45) is 5.92 Å². The van der Waals surface area contributed by atoms with E-state index in [9.17, 15) is 10.2 Å². The molecule has 20 heavy (non-hydrogen) atoms. The van der Waals surface area contributed by atoms with Crippen LogP contribution in [-0.4, -0.2) is 38.7 Å². The Hall–Kier alpha value is -2.08. The molecule has 1 aromatic carbocycles. The summed E-state index contributed by atoms with van der Waals surface area (Å²) in [4.78, 5) is 0. The molecule has 1 aromatic heterocycles. The van der Waals surface area contributed by atoms with E-state index in [-0.39, 0.29) is 18.3 Å². The van der Waals surface area contributed by atoms with Crippen LogP contribution in [0.25, 0.3) is 11.4 Å². The van der Waals surface area contributed by atoms with Gasteiger partial charge in [0.25, 0.3) is 0 Å². The van der Waals surface area contributed by atoms with Gasteiger partial charge < -0.3 is 19.5 Å². The lowest BCUT2D eigenvalue weighted by Crippen LogP contribution is -2.23. The van der Waals surface area contributed by atoms with Gasteiger partial charge in [-0.1, -0.05) is 0 Å². The minimum absolute atomic E-state index is 0.145. The number of aromatic hydroxyl groups is 1. The molecule has 0 amide bonds. The van der Waals surface area contributed by atoms with Crippen molar-refractivity contribution in [3.8, 4) is 22.9 Å². The van der Waals surface area contributed by atoms with E-state index in [1.165, 1.54) is 0 Å². The molecule has 1 aliphatic heterocycles. The summed E-state index contributed by atoms with van der Waals surface area (Å²) >= 11 is 0. The predicted molar refractivity (Wildman–Crippen MR) is 72.6 cm³/mol. The third kappa shape index (κ3) is 2.12. The van der Waals surface area contributed by atoms with E-state index in [0.717, 1.165) is 18.7 Å². The summed E-state index contributed by atoms with van der Waals surface area (Å²) in [5.41, 5.74) is 0.599. The summed E-state index contributed by atoms with van der Waals surface area (Å²) in [7, 11) is 1.58. The first kappa shape index (κ1) is 12.9. The van der Waals surface area contributed by atoms with Gasteiger partial charge in [0.05, 0.1) is 12.7 Å². The van der Waals surface area contributed by atoms with Gasteiger partial charge in [-0.25, -0.2) is 0 Å². The Kier molecular flexibility index (Phi) is 3.31. The number of aliphatic hydroxyl groups excluding tert-OH is 1. The molecule has 106 valence electrons. The Morgan fingerprint density at radius 1 is 1.40 bits per heavy atom. The van der Waals surface area contributed by atoms with Crippen LogP contribution in [0.4, 0.5) is 0 Å². The quantitative estimate of drug-likeness (QED) is 0.880. The van der Waals surface area contributed by atoms with Gasteiger partial charge in [0.2, 0.25) is 0 Å². The van der Waals surface area contributed by atoms with Crippen LogP contribution in [0.1, 0.15) is 12.2 Å². The van der Waals surface area contributed by atoms with Crippen LogP contribution in [0.15, 0.2) is 18.2 Å². The van der Waals surface area contributed by atoms with E-state index in [1.54, 1.807) is 25.3 Å². The SMILES string of the molecule is COc1ccc(O)c(-c2nnc3n2CC(CO)CC3)c1. The number of hydrogen-bond acceptors (Lipinski definition) is 5. The first-order valence-electron chi connectivity index (χ1n) is 6.63. The van der Waals surface area contributed by atoms with Gasteiger partial charge in [0.1, 0.15) is 17.3 Å². The summed E-state index contributed by atoms with van der Waals surface area (Å²) in [5.74, 6) is 2.53. The molecule has 0 radical (unpaired) electrons. The molecule has 1 unspecified atom stereocenters. The molecule has 1 aliphatic rings. The third-order valence-electron chi connectivity index (χ3n) is 3.75. The summed E-state index contributed by atoms with van der Waals surface area (Å²) < 4.78 is 7.16. The Morgan fingerprint density at radius 2 is 2.25 bits per heavy atom. The van der Waals surface area contributed by atoms with E-state index in [0.29, 0.717) is 23.7 Å². The van der Waals surface area contributed by atoms with Crippen molar-refractivity contribution >= 4 is 0 Å². The maximum absolute atomic E-state index is 10.0. The van der Waals surface area contributed by atoms with Crippen LogP contribution in [0.5, 0.6) is 11.5 Å². The van der Waals surface area contributed by atoms with Crippen LogP contribution in [0.2, 0.25) is 0 Å². The second-order valence-corrected chi connectivity index (χ2v) is 5.02. The molecule has 0 saturated carbocycles. The number of aryl methyl sites for hydroxylation is 1. The largest absolute Gasteiger partial charge is 0.507 e. The lowest BCUT2D eigenvalue weighted by molar-refractivity contribution is 0.191. The van der Waals surface area contributed by atoms with E-state index in [4.69, 9.17) is 4.74 Å². The second-order valence-electron chi connectivity index (χ2n) is 5.02. The number of aliphatic hydroxyl groups is 1. The minimum Gasteiger partial charge on any atom is -0.507 e.